The molecule has 106 valence electrons. The summed E-state index contributed by atoms with van der Waals surface area (Å²) in [7, 11) is 2.01. The van der Waals surface area contributed by atoms with Crippen LogP contribution in [0.25, 0.3) is 0 Å². The predicted octanol–water partition coefficient (Wildman–Crippen LogP) is 2.61. The van der Waals surface area contributed by atoms with Crippen molar-refractivity contribution >= 4 is 13.1 Å². The van der Waals surface area contributed by atoms with Crippen molar-refractivity contribution in [3.63, 3.8) is 0 Å². The highest BCUT2D eigenvalue weighted by molar-refractivity contribution is 7.54. The molecule has 0 N–H and O–H groups in total. The number of benzene rings is 1. The van der Waals surface area contributed by atoms with Gasteiger partial charge in [0.1, 0.15) is 13.6 Å². The van der Waals surface area contributed by atoms with Gasteiger partial charge in [0.05, 0.1) is 12.4 Å². The minimum absolute atomic E-state index is 0.307. The Morgan fingerprint density at radius 2 is 2.11 bits per heavy atom. The zero-order valence-electron chi connectivity index (χ0n) is 12.1. The van der Waals surface area contributed by atoms with Crippen LogP contribution >= 0.6 is 7.80 Å². The van der Waals surface area contributed by atoms with Crippen molar-refractivity contribution in [3.8, 4) is 5.75 Å². The molecule has 0 bridgehead atoms. The van der Waals surface area contributed by atoms with Crippen molar-refractivity contribution in [2.45, 2.75) is 25.4 Å². The van der Waals surface area contributed by atoms with E-state index in [0.717, 1.165) is 37.0 Å². The first-order valence-electron chi connectivity index (χ1n) is 6.97. The summed E-state index contributed by atoms with van der Waals surface area (Å²) in [6, 6.07) is 7.75. The van der Waals surface area contributed by atoms with Crippen LogP contribution in [0.1, 0.15) is 19.8 Å². The minimum atomic E-state index is -1.79. The molecule has 19 heavy (non-hydrogen) atoms. The number of hydrogen-bond donors (Lipinski definition) is 0. The fourth-order valence-electron chi connectivity index (χ4n) is 2.98. The molecule has 2 rings (SSSR count). The highest BCUT2D eigenvalue weighted by Crippen LogP contribution is 2.38. The SMILES string of the molecule is COc1ccccc1[PH](=O)C1CCN(C)C[C@H](C)C1. The molecule has 1 fully saturated rings. The highest BCUT2D eigenvalue weighted by atomic mass is 31.1. The summed E-state index contributed by atoms with van der Waals surface area (Å²) < 4.78 is 18.2. The van der Waals surface area contributed by atoms with Crippen molar-refractivity contribution in [2.75, 3.05) is 27.2 Å². The average molecular weight is 281 g/mol. The lowest BCUT2D eigenvalue weighted by Gasteiger charge is -2.18. The second-order valence-corrected chi connectivity index (χ2v) is 7.74. The molecule has 0 aliphatic carbocycles. The summed E-state index contributed by atoms with van der Waals surface area (Å²) >= 11 is 0. The van der Waals surface area contributed by atoms with Gasteiger partial charge in [-0.15, -0.1) is 0 Å². The first kappa shape index (κ1) is 14.6. The minimum Gasteiger partial charge on any atom is -0.496 e. The molecule has 3 atom stereocenters. The standard InChI is InChI=1S/C15H24NO2P/c1-12-10-13(8-9-16(2)11-12)19(17)15-7-5-4-6-14(15)18-3/h4-7,12-13,19H,8-11H2,1-3H3/t12-,13?/m1/s1. The van der Waals surface area contributed by atoms with Crippen LogP contribution < -0.4 is 10.0 Å². The molecule has 3 nitrogen and oxygen atoms in total. The number of ether oxygens (including phenoxy) is 1. The summed E-state index contributed by atoms with van der Waals surface area (Å²) in [6.07, 6.45) is 2.08. The molecular weight excluding hydrogens is 257 g/mol. The van der Waals surface area contributed by atoms with Crippen LogP contribution in [0, 0.1) is 5.92 Å². The third-order valence-corrected chi connectivity index (χ3v) is 6.12. The molecule has 0 saturated carbocycles. The Bertz CT molecular complexity index is 450. The van der Waals surface area contributed by atoms with Gasteiger partial charge in [-0.25, -0.2) is 0 Å². The van der Waals surface area contributed by atoms with Crippen molar-refractivity contribution in [1.29, 1.82) is 0 Å². The Balaban J connectivity index is 2.18. The van der Waals surface area contributed by atoms with E-state index in [9.17, 15) is 4.57 Å². The van der Waals surface area contributed by atoms with Crippen LogP contribution in [0.5, 0.6) is 5.75 Å². The Hall–Kier alpha value is -0.790. The molecule has 1 aromatic rings. The number of para-hydroxylation sites is 1. The van der Waals surface area contributed by atoms with Crippen LogP contribution in [0.3, 0.4) is 0 Å². The monoisotopic (exact) mass is 281 g/mol. The number of nitrogens with zero attached hydrogens (tertiary/aromatic N) is 1. The molecule has 0 radical (unpaired) electrons. The smallest absolute Gasteiger partial charge is 0.129 e. The molecule has 1 heterocycles. The summed E-state index contributed by atoms with van der Waals surface area (Å²) in [4.78, 5) is 2.35. The van der Waals surface area contributed by atoms with E-state index in [1.54, 1.807) is 7.11 Å². The van der Waals surface area contributed by atoms with E-state index in [2.05, 4.69) is 18.9 Å². The Morgan fingerprint density at radius 3 is 2.84 bits per heavy atom. The van der Waals surface area contributed by atoms with Gasteiger partial charge in [0.15, 0.2) is 0 Å². The number of methoxy groups -OCH3 is 1. The molecular formula is C15H24NO2P. The third-order valence-electron chi connectivity index (χ3n) is 3.91. The van der Waals surface area contributed by atoms with Crippen LogP contribution in [-0.4, -0.2) is 37.8 Å². The van der Waals surface area contributed by atoms with E-state index in [1.165, 1.54) is 0 Å². The fourth-order valence-corrected chi connectivity index (χ4v) is 5.12. The van der Waals surface area contributed by atoms with Gasteiger partial charge in [-0.3, -0.25) is 0 Å². The maximum atomic E-state index is 12.9. The van der Waals surface area contributed by atoms with Gasteiger partial charge in [0, 0.05) is 12.2 Å². The lowest BCUT2D eigenvalue weighted by Crippen LogP contribution is -2.22. The van der Waals surface area contributed by atoms with E-state index in [0.29, 0.717) is 11.6 Å². The summed E-state index contributed by atoms with van der Waals surface area (Å²) in [5.74, 6) is 1.39. The molecule has 1 aromatic carbocycles. The zero-order valence-corrected chi connectivity index (χ0v) is 13.1. The quantitative estimate of drug-likeness (QED) is 0.798. The van der Waals surface area contributed by atoms with Gasteiger partial charge in [-0.05, 0) is 44.5 Å². The van der Waals surface area contributed by atoms with Crippen LogP contribution in [0.15, 0.2) is 24.3 Å². The van der Waals surface area contributed by atoms with Gasteiger partial charge in [0.2, 0.25) is 0 Å². The second-order valence-electron chi connectivity index (χ2n) is 5.65. The predicted molar refractivity (Wildman–Crippen MR) is 81.3 cm³/mol. The first-order valence-corrected chi connectivity index (χ1v) is 8.46. The lowest BCUT2D eigenvalue weighted by atomic mass is 10.1. The molecule has 0 aromatic heterocycles. The number of likely N-dealkylation sites (tertiary alicyclic amines) is 1. The van der Waals surface area contributed by atoms with E-state index in [4.69, 9.17) is 4.74 Å². The van der Waals surface area contributed by atoms with Gasteiger partial charge in [-0.1, -0.05) is 19.1 Å². The Morgan fingerprint density at radius 1 is 1.37 bits per heavy atom. The van der Waals surface area contributed by atoms with E-state index in [-0.39, 0.29) is 0 Å². The zero-order chi connectivity index (χ0) is 13.8. The highest BCUT2D eigenvalue weighted by Gasteiger charge is 2.26. The van der Waals surface area contributed by atoms with Gasteiger partial charge < -0.3 is 14.2 Å². The molecule has 1 saturated heterocycles. The Kier molecular flexibility index (Phi) is 5.06. The number of rotatable bonds is 3. The van der Waals surface area contributed by atoms with Crippen molar-refractivity contribution in [3.05, 3.63) is 24.3 Å². The van der Waals surface area contributed by atoms with Crippen LogP contribution in [-0.2, 0) is 4.57 Å². The van der Waals surface area contributed by atoms with Gasteiger partial charge in [0.25, 0.3) is 0 Å². The third kappa shape index (κ3) is 3.61. The van der Waals surface area contributed by atoms with Crippen molar-refractivity contribution in [1.82, 2.24) is 4.90 Å². The maximum absolute atomic E-state index is 12.9. The maximum Gasteiger partial charge on any atom is 0.129 e. The number of hydrogen-bond acceptors (Lipinski definition) is 3. The average Bonchev–Trinajstić information content (AvgIpc) is 2.58. The molecule has 0 spiro atoms. The summed E-state index contributed by atoms with van der Waals surface area (Å²) in [5.41, 5.74) is 0.307. The summed E-state index contributed by atoms with van der Waals surface area (Å²) in [6.45, 7) is 4.41. The topological polar surface area (TPSA) is 29.5 Å². The van der Waals surface area contributed by atoms with Crippen molar-refractivity contribution < 1.29 is 9.30 Å². The first-order chi connectivity index (χ1) is 9.11. The lowest BCUT2D eigenvalue weighted by molar-refractivity contribution is 0.310. The van der Waals surface area contributed by atoms with E-state index >= 15 is 0 Å². The van der Waals surface area contributed by atoms with Crippen LogP contribution in [0.2, 0.25) is 0 Å². The summed E-state index contributed by atoms with van der Waals surface area (Å²) in [5, 5.41) is 0.914. The molecule has 1 aliphatic heterocycles. The molecule has 2 unspecified atom stereocenters. The second kappa shape index (κ2) is 6.58. The molecule has 4 heteroatoms. The molecule has 0 amide bonds. The van der Waals surface area contributed by atoms with Crippen molar-refractivity contribution in [2.24, 2.45) is 5.92 Å². The Labute approximate surface area is 116 Å². The van der Waals surface area contributed by atoms with Crippen LogP contribution in [0.4, 0.5) is 0 Å². The van der Waals surface area contributed by atoms with E-state index in [1.807, 2.05) is 24.3 Å². The normalized spacial score (nSPS) is 26.7. The van der Waals surface area contributed by atoms with E-state index < -0.39 is 7.80 Å². The fraction of sp³-hybridized carbons (Fsp3) is 0.600. The van der Waals surface area contributed by atoms with Gasteiger partial charge >= 0.3 is 0 Å². The van der Waals surface area contributed by atoms with Gasteiger partial charge in [-0.2, -0.15) is 0 Å². The molecule has 1 aliphatic rings. The largest absolute Gasteiger partial charge is 0.496 e.